The lowest BCUT2D eigenvalue weighted by molar-refractivity contribution is -0.125. The molecule has 126 valence electrons. The lowest BCUT2D eigenvalue weighted by Crippen LogP contribution is -2.28. The summed E-state index contributed by atoms with van der Waals surface area (Å²) in [5, 5.41) is 14.9. The third-order valence-electron chi connectivity index (χ3n) is 3.72. The zero-order valence-corrected chi connectivity index (χ0v) is 13.0. The molecule has 2 aromatic rings. The van der Waals surface area contributed by atoms with Gasteiger partial charge in [0, 0.05) is 12.1 Å². The Bertz CT molecular complexity index is 853. The SMILES string of the molecule is N#CCc1ccc(NC(=O)[C@@H]2CC(c3c(F)cccc3F)=NO2)cc1. The molecule has 1 aliphatic heterocycles. The third-order valence-corrected chi connectivity index (χ3v) is 3.72. The second-order valence-electron chi connectivity index (χ2n) is 5.45. The van der Waals surface area contributed by atoms with Crippen LogP contribution in [0.5, 0.6) is 0 Å². The van der Waals surface area contributed by atoms with E-state index in [-0.39, 0.29) is 24.1 Å². The summed E-state index contributed by atoms with van der Waals surface area (Å²) in [7, 11) is 0. The van der Waals surface area contributed by atoms with Crippen molar-refractivity contribution in [2.45, 2.75) is 18.9 Å². The Balaban J connectivity index is 1.65. The van der Waals surface area contributed by atoms with Gasteiger partial charge >= 0.3 is 0 Å². The fraction of sp³-hybridized carbons (Fsp3) is 0.167. The molecule has 5 nitrogen and oxygen atoms in total. The Kier molecular flexibility index (Phi) is 4.70. The van der Waals surface area contributed by atoms with Crippen LogP contribution >= 0.6 is 0 Å². The van der Waals surface area contributed by atoms with Crippen LogP contribution in [0.4, 0.5) is 14.5 Å². The van der Waals surface area contributed by atoms with Crippen molar-refractivity contribution in [3.63, 3.8) is 0 Å². The maximum absolute atomic E-state index is 13.8. The van der Waals surface area contributed by atoms with Gasteiger partial charge in [-0.05, 0) is 29.8 Å². The van der Waals surface area contributed by atoms with Crippen LogP contribution in [0.3, 0.4) is 0 Å². The highest BCUT2D eigenvalue weighted by molar-refractivity contribution is 6.06. The molecule has 3 rings (SSSR count). The van der Waals surface area contributed by atoms with E-state index in [1.807, 2.05) is 6.07 Å². The fourth-order valence-electron chi connectivity index (χ4n) is 2.46. The minimum absolute atomic E-state index is 0.0315. The number of nitrogens with zero attached hydrogens (tertiary/aromatic N) is 2. The number of carbonyl (C=O) groups excluding carboxylic acids is 1. The van der Waals surface area contributed by atoms with Crippen molar-refractivity contribution in [2.24, 2.45) is 5.16 Å². The van der Waals surface area contributed by atoms with Crippen molar-refractivity contribution in [1.29, 1.82) is 5.26 Å². The number of rotatable bonds is 4. The summed E-state index contributed by atoms with van der Waals surface area (Å²) in [4.78, 5) is 17.2. The molecule has 1 atom stereocenters. The van der Waals surface area contributed by atoms with E-state index < -0.39 is 23.6 Å². The van der Waals surface area contributed by atoms with Crippen LogP contribution in [0.2, 0.25) is 0 Å². The predicted molar refractivity (Wildman–Crippen MR) is 86.8 cm³/mol. The Morgan fingerprint density at radius 2 is 1.92 bits per heavy atom. The quantitative estimate of drug-likeness (QED) is 0.928. The number of amides is 1. The highest BCUT2D eigenvalue weighted by Crippen LogP contribution is 2.22. The number of benzene rings is 2. The molecule has 1 aliphatic rings. The summed E-state index contributed by atoms with van der Waals surface area (Å²) in [6.45, 7) is 0. The van der Waals surface area contributed by atoms with E-state index in [1.54, 1.807) is 24.3 Å². The van der Waals surface area contributed by atoms with Gasteiger partial charge < -0.3 is 10.2 Å². The van der Waals surface area contributed by atoms with Gasteiger partial charge in [0.05, 0.1) is 23.8 Å². The lowest BCUT2D eigenvalue weighted by Gasteiger charge is -2.10. The molecule has 7 heteroatoms. The number of halogens is 2. The molecule has 0 spiro atoms. The average Bonchev–Trinajstić information content (AvgIpc) is 3.06. The van der Waals surface area contributed by atoms with Crippen LogP contribution in [0.1, 0.15) is 17.5 Å². The van der Waals surface area contributed by atoms with Gasteiger partial charge in [0.25, 0.3) is 5.91 Å². The summed E-state index contributed by atoms with van der Waals surface area (Å²) in [6, 6.07) is 12.3. The molecule has 2 aromatic carbocycles. The van der Waals surface area contributed by atoms with E-state index >= 15 is 0 Å². The van der Waals surface area contributed by atoms with E-state index in [4.69, 9.17) is 10.1 Å². The minimum atomic E-state index is -0.965. The zero-order chi connectivity index (χ0) is 17.8. The number of anilines is 1. The number of nitriles is 1. The molecule has 0 saturated carbocycles. The smallest absolute Gasteiger partial charge is 0.268 e. The largest absolute Gasteiger partial charge is 0.382 e. The van der Waals surface area contributed by atoms with E-state index in [0.717, 1.165) is 17.7 Å². The molecular formula is C18H13F2N3O2. The van der Waals surface area contributed by atoms with E-state index in [9.17, 15) is 13.6 Å². The molecule has 0 unspecified atom stereocenters. The van der Waals surface area contributed by atoms with Crippen molar-refractivity contribution in [3.05, 3.63) is 65.2 Å². The summed E-state index contributed by atoms with van der Waals surface area (Å²) in [5.74, 6) is -1.98. The topological polar surface area (TPSA) is 74.5 Å². The molecule has 0 saturated heterocycles. The van der Waals surface area contributed by atoms with Crippen molar-refractivity contribution in [2.75, 3.05) is 5.32 Å². The van der Waals surface area contributed by atoms with E-state index in [1.165, 1.54) is 6.07 Å². The first-order valence-corrected chi connectivity index (χ1v) is 7.52. The van der Waals surface area contributed by atoms with Gasteiger partial charge in [-0.15, -0.1) is 0 Å². The van der Waals surface area contributed by atoms with Gasteiger partial charge in [-0.2, -0.15) is 5.26 Å². The van der Waals surface area contributed by atoms with Crippen LogP contribution < -0.4 is 5.32 Å². The standard InChI is InChI=1S/C18H13F2N3O2/c19-13-2-1-3-14(20)17(13)15-10-16(25-23-15)18(24)22-12-6-4-11(5-7-12)8-9-21/h1-7,16H,8,10H2,(H,22,24)/t16-/m0/s1. The Labute approximate surface area is 142 Å². The summed E-state index contributed by atoms with van der Waals surface area (Å²) in [6.07, 6.45) is -0.713. The third kappa shape index (κ3) is 3.63. The van der Waals surface area contributed by atoms with E-state index in [2.05, 4.69) is 10.5 Å². The van der Waals surface area contributed by atoms with Gasteiger partial charge in [-0.1, -0.05) is 23.4 Å². The summed E-state index contributed by atoms with van der Waals surface area (Å²) < 4.78 is 27.6. The van der Waals surface area contributed by atoms with Crippen LogP contribution in [-0.4, -0.2) is 17.7 Å². The monoisotopic (exact) mass is 341 g/mol. The van der Waals surface area contributed by atoms with Gasteiger partial charge in [-0.25, -0.2) is 8.78 Å². The van der Waals surface area contributed by atoms with Gasteiger partial charge in [0.15, 0.2) is 0 Å². The maximum atomic E-state index is 13.8. The van der Waals surface area contributed by atoms with Crippen LogP contribution in [0.15, 0.2) is 47.6 Å². The van der Waals surface area contributed by atoms with Crippen LogP contribution in [0, 0.1) is 23.0 Å². The van der Waals surface area contributed by atoms with Crippen molar-refractivity contribution >= 4 is 17.3 Å². The van der Waals surface area contributed by atoms with Crippen molar-refractivity contribution in [3.8, 4) is 6.07 Å². The van der Waals surface area contributed by atoms with Gasteiger partial charge in [0.2, 0.25) is 6.10 Å². The molecule has 1 N–H and O–H groups in total. The molecule has 1 amide bonds. The average molecular weight is 341 g/mol. The number of hydrogen-bond donors (Lipinski definition) is 1. The van der Waals surface area contributed by atoms with Crippen molar-refractivity contribution in [1.82, 2.24) is 0 Å². The number of carbonyl (C=O) groups is 1. The zero-order valence-electron chi connectivity index (χ0n) is 13.0. The molecule has 1 heterocycles. The predicted octanol–water partition coefficient (Wildman–Crippen LogP) is 3.16. The summed E-state index contributed by atoms with van der Waals surface area (Å²) in [5.41, 5.74) is 1.14. The van der Waals surface area contributed by atoms with Gasteiger partial charge in [-0.3, -0.25) is 4.79 Å². The highest BCUT2D eigenvalue weighted by Gasteiger charge is 2.31. The Morgan fingerprint density at radius 1 is 1.24 bits per heavy atom. The summed E-state index contributed by atoms with van der Waals surface area (Å²) >= 11 is 0. The number of nitrogens with one attached hydrogen (secondary N) is 1. The minimum Gasteiger partial charge on any atom is -0.382 e. The molecule has 0 fully saturated rings. The molecular weight excluding hydrogens is 328 g/mol. The fourth-order valence-corrected chi connectivity index (χ4v) is 2.46. The maximum Gasteiger partial charge on any atom is 0.268 e. The van der Waals surface area contributed by atoms with Crippen LogP contribution in [-0.2, 0) is 16.1 Å². The molecule has 0 aliphatic carbocycles. The van der Waals surface area contributed by atoms with E-state index in [0.29, 0.717) is 5.69 Å². The first kappa shape index (κ1) is 16.6. The first-order chi connectivity index (χ1) is 12.1. The Hall–Kier alpha value is -3.27. The lowest BCUT2D eigenvalue weighted by atomic mass is 10.0. The molecule has 0 aromatic heterocycles. The normalized spacial score (nSPS) is 15.9. The first-order valence-electron chi connectivity index (χ1n) is 7.52. The molecule has 0 bridgehead atoms. The highest BCUT2D eigenvalue weighted by atomic mass is 19.1. The van der Waals surface area contributed by atoms with Crippen LogP contribution in [0.25, 0.3) is 0 Å². The second kappa shape index (κ2) is 7.09. The number of oxime groups is 1. The second-order valence-corrected chi connectivity index (χ2v) is 5.45. The number of hydrogen-bond acceptors (Lipinski definition) is 4. The molecule has 25 heavy (non-hydrogen) atoms. The Morgan fingerprint density at radius 3 is 2.56 bits per heavy atom. The van der Waals surface area contributed by atoms with Crippen molar-refractivity contribution < 1.29 is 18.4 Å². The molecule has 0 radical (unpaired) electrons. The van der Waals surface area contributed by atoms with Gasteiger partial charge in [0.1, 0.15) is 11.6 Å².